The van der Waals surface area contributed by atoms with Gasteiger partial charge in [-0.05, 0) is 41.3 Å². The van der Waals surface area contributed by atoms with Crippen molar-refractivity contribution >= 4 is 23.2 Å². The quantitative estimate of drug-likeness (QED) is 0.579. The molecule has 2 rings (SSSR count). The zero-order chi connectivity index (χ0) is 17.5. The van der Waals surface area contributed by atoms with Gasteiger partial charge in [0.15, 0.2) is 5.96 Å². The molecule has 5 heteroatoms. The largest absolute Gasteiger partial charge is 0.370 e. The minimum Gasteiger partial charge on any atom is -0.370 e. The number of benzene rings is 2. The lowest BCUT2D eigenvalue weighted by atomic mass is 10.0. The van der Waals surface area contributed by atoms with Crippen molar-refractivity contribution in [2.45, 2.75) is 33.2 Å². The summed E-state index contributed by atoms with van der Waals surface area (Å²) in [5.41, 5.74) is 9.87. The molecule has 0 aliphatic carbocycles. The molecular weight excluding hydrogens is 300 g/mol. The van der Waals surface area contributed by atoms with Crippen LogP contribution in [0.1, 0.15) is 37.8 Å². The average Bonchev–Trinajstić information content (AvgIpc) is 2.53. The molecule has 2 aromatic carbocycles. The highest BCUT2D eigenvalue weighted by Gasteiger charge is 2.02. The van der Waals surface area contributed by atoms with Crippen LogP contribution in [-0.4, -0.2) is 11.9 Å². The summed E-state index contributed by atoms with van der Waals surface area (Å²) < 4.78 is 0. The standard InChI is InChI=1S/C19H24N4O/c1-13(2)16-7-5-9-18(11-16)23-19(20)21-12-15-6-4-8-17(10-15)22-14(3)24/h4-11,13H,12H2,1-3H3,(H,22,24)(H3,20,21,23). The first-order valence-corrected chi connectivity index (χ1v) is 7.97. The number of rotatable bonds is 5. The molecule has 126 valence electrons. The number of carbonyl (C=O) groups excluding carboxylic acids is 1. The number of nitrogens with zero attached hydrogens (tertiary/aromatic N) is 1. The van der Waals surface area contributed by atoms with E-state index < -0.39 is 0 Å². The van der Waals surface area contributed by atoms with Crippen LogP contribution in [0.4, 0.5) is 11.4 Å². The molecule has 1 amide bonds. The molecule has 0 spiro atoms. The maximum Gasteiger partial charge on any atom is 0.221 e. The Morgan fingerprint density at radius 1 is 1.08 bits per heavy atom. The van der Waals surface area contributed by atoms with Crippen LogP contribution in [0.3, 0.4) is 0 Å². The lowest BCUT2D eigenvalue weighted by Gasteiger charge is -2.10. The minimum atomic E-state index is -0.0955. The van der Waals surface area contributed by atoms with Gasteiger partial charge in [-0.1, -0.05) is 38.1 Å². The van der Waals surface area contributed by atoms with E-state index in [1.165, 1.54) is 12.5 Å². The Bertz CT molecular complexity index is 738. The lowest BCUT2D eigenvalue weighted by Crippen LogP contribution is -2.22. The average molecular weight is 324 g/mol. The van der Waals surface area contributed by atoms with E-state index in [9.17, 15) is 4.79 Å². The Kier molecular flexibility index (Phi) is 5.95. The minimum absolute atomic E-state index is 0.0955. The highest BCUT2D eigenvalue weighted by Crippen LogP contribution is 2.18. The van der Waals surface area contributed by atoms with Crippen molar-refractivity contribution in [3.05, 3.63) is 59.7 Å². The molecule has 4 N–H and O–H groups in total. The fraction of sp³-hybridized carbons (Fsp3) is 0.263. The second-order valence-electron chi connectivity index (χ2n) is 5.99. The predicted octanol–water partition coefficient (Wildman–Crippen LogP) is 3.70. The number of anilines is 2. The molecule has 0 aromatic heterocycles. The summed E-state index contributed by atoms with van der Waals surface area (Å²) in [6.45, 7) is 6.23. The summed E-state index contributed by atoms with van der Waals surface area (Å²) in [6, 6.07) is 15.7. The van der Waals surface area contributed by atoms with E-state index in [2.05, 4.69) is 41.6 Å². The molecule has 0 bridgehead atoms. The second-order valence-corrected chi connectivity index (χ2v) is 5.99. The van der Waals surface area contributed by atoms with Crippen LogP contribution >= 0.6 is 0 Å². The van der Waals surface area contributed by atoms with Crippen LogP contribution in [0.2, 0.25) is 0 Å². The summed E-state index contributed by atoms with van der Waals surface area (Å²) in [5, 5.41) is 5.87. The normalized spacial score (nSPS) is 11.4. The van der Waals surface area contributed by atoms with E-state index in [0.29, 0.717) is 18.4 Å². The van der Waals surface area contributed by atoms with Gasteiger partial charge < -0.3 is 16.4 Å². The van der Waals surface area contributed by atoms with Gasteiger partial charge in [0.1, 0.15) is 0 Å². The SMILES string of the molecule is CC(=O)Nc1cccc(CN=C(N)Nc2cccc(C(C)C)c2)c1. The zero-order valence-corrected chi connectivity index (χ0v) is 14.3. The van der Waals surface area contributed by atoms with Crippen LogP contribution in [0.15, 0.2) is 53.5 Å². The first-order chi connectivity index (χ1) is 11.4. The van der Waals surface area contributed by atoms with Crippen molar-refractivity contribution < 1.29 is 4.79 Å². The second kappa shape index (κ2) is 8.15. The fourth-order valence-electron chi connectivity index (χ4n) is 2.29. The number of nitrogens with one attached hydrogen (secondary N) is 2. The Morgan fingerprint density at radius 3 is 2.42 bits per heavy atom. The summed E-state index contributed by atoms with van der Waals surface area (Å²) in [4.78, 5) is 15.5. The molecule has 0 unspecified atom stereocenters. The van der Waals surface area contributed by atoms with Crippen molar-refractivity contribution in [3.8, 4) is 0 Å². The van der Waals surface area contributed by atoms with Crippen molar-refractivity contribution in [2.75, 3.05) is 10.6 Å². The Morgan fingerprint density at radius 2 is 1.75 bits per heavy atom. The summed E-state index contributed by atoms with van der Waals surface area (Å²) >= 11 is 0. The first kappa shape index (κ1) is 17.5. The van der Waals surface area contributed by atoms with Crippen LogP contribution < -0.4 is 16.4 Å². The fourth-order valence-corrected chi connectivity index (χ4v) is 2.29. The molecule has 0 aliphatic rings. The summed E-state index contributed by atoms with van der Waals surface area (Å²) in [6.07, 6.45) is 0. The first-order valence-electron chi connectivity index (χ1n) is 7.97. The van der Waals surface area contributed by atoms with Gasteiger partial charge >= 0.3 is 0 Å². The van der Waals surface area contributed by atoms with Gasteiger partial charge in [0.05, 0.1) is 6.54 Å². The topological polar surface area (TPSA) is 79.5 Å². The van der Waals surface area contributed by atoms with Crippen molar-refractivity contribution in [2.24, 2.45) is 10.7 Å². The number of guanidine groups is 1. The van der Waals surface area contributed by atoms with Crippen molar-refractivity contribution in [1.29, 1.82) is 0 Å². The number of hydrogen-bond acceptors (Lipinski definition) is 2. The Hall–Kier alpha value is -2.82. The molecule has 0 heterocycles. The third-order valence-electron chi connectivity index (χ3n) is 3.51. The monoisotopic (exact) mass is 324 g/mol. The summed E-state index contributed by atoms with van der Waals surface area (Å²) in [5.74, 6) is 0.726. The third kappa shape index (κ3) is 5.43. The lowest BCUT2D eigenvalue weighted by molar-refractivity contribution is -0.114. The van der Waals surface area contributed by atoms with E-state index in [1.807, 2.05) is 36.4 Å². The zero-order valence-electron chi connectivity index (χ0n) is 14.3. The van der Waals surface area contributed by atoms with Gasteiger partial charge in [0.25, 0.3) is 0 Å². The van der Waals surface area contributed by atoms with Crippen LogP contribution in [0.25, 0.3) is 0 Å². The smallest absolute Gasteiger partial charge is 0.221 e. The Balaban J connectivity index is 2.01. The van der Waals surface area contributed by atoms with Crippen LogP contribution in [0, 0.1) is 0 Å². The molecule has 0 aliphatic heterocycles. The van der Waals surface area contributed by atoms with E-state index in [4.69, 9.17) is 5.73 Å². The van der Waals surface area contributed by atoms with Gasteiger partial charge in [0, 0.05) is 18.3 Å². The number of amides is 1. The van der Waals surface area contributed by atoms with Gasteiger partial charge in [-0.15, -0.1) is 0 Å². The molecular formula is C19H24N4O. The molecule has 0 fully saturated rings. The highest BCUT2D eigenvalue weighted by atomic mass is 16.1. The van der Waals surface area contributed by atoms with Crippen molar-refractivity contribution in [3.63, 3.8) is 0 Å². The van der Waals surface area contributed by atoms with E-state index in [0.717, 1.165) is 16.9 Å². The summed E-state index contributed by atoms with van der Waals surface area (Å²) in [7, 11) is 0. The molecule has 5 nitrogen and oxygen atoms in total. The van der Waals surface area contributed by atoms with Crippen molar-refractivity contribution in [1.82, 2.24) is 0 Å². The predicted molar refractivity (Wildman–Crippen MR) is 100 cm³/mol. The Labute approximate surface area is 143 Å². The number of hydrogen-bond donors (Lipinski definition) is 3. The van der Waals surface area contributed by atoms with E-state index in [-0.39, 0.29) is 5.91 Å². The molecule has 0 saturated carbocycles. The molecule has 2 aromatic rings. The number of nitrogens with two attached hydrogens (primary N) is 1. The number of aliphatic imine (C=N–C) groups is 1. The molecule has 0 saturated heterocycles. The van der Waals surface area contributed by atoms with Gasteiger partial charge in [-0.3, -0.25) is 4.79 Å². The number of carbonyl (C=O) groups is 1. The molecule has 24 heavy (non-hydrogen) atoms. The highest BCUT2D eigenvalue weighted by molar-refractivity contribution is 5.92. The van der Waals surface area contributed by atoms with Crippen LogP contribution in [0.5, 0.6) is 0 Å². The van der Waals surface area contributed by atoms with Crippen LogP contribution in [-0.2, 0) is 11.3 Å². The maximum atomic E-state index is 11.1. The molecule has 0 radical (unpaired) electrons. The van der Waals surface area contributed by atoms with E-state index in [1.54, 1.807) is 0 Å². The van der Waals surface area contributed by atoms with E-state index >= 15 is 0 Å². The van der Waals surface area contributed by atoms with Gasteiger partial charge in [-0.2, -0.15) is 0 Å². The molecule has 0 atom stereocenters. The van der Waals surface area contributed by atoms with Gasteiger partial charge in [-0.25, -0.2) is 4.99 Å². The van der Waals surface area contributed by atoms with Gasteiger partial charge in [0.2, 0.25) is 5.91 Å². The third-order valence-corrected chi connectivity index (χ3v) is 3.51. The maximum absolute atomic E-state index is 11.1.